The molecule has 104 valence electrons. The van der Waals surface area contributed by atoms with E-state index in [-0.39, 0.29) is 6.04 Å². The molecule has 3 heteroatoms. The highest BCUT2D eigenvalue weighted by Crippen LogP contribution is 2.19. The summed E-state index contributed by atoms with van der Waals surface area (Å²) in [7, 11) is 0. The number of rotatable bonds is 11. The van der Waals surface area contributed by atoms with E-state index >= 15 is 0 Å². The maximum atomic E-state index is 9.00. The molecule has 0 spiro atoms. The van der Waals surface area contributed by atoms with Gasteiger partial charge in [-0.3, -0.25) is 5.32 Å². The molecule has 1 saturated carbocycles. The third-order valence-electron chi connectivity index (χ3n) is 3.44. The molecular weight excluding hydrogens is 224 g/mol. The maximum absolute atomic E-state index is 9.00. The van der Waals surface area contributed by atoms with Crippen molar-refractivity contribution in [2.45, 2.75) is 83.4 Å². The number of nitriles is 1. The molecule has 0 radical (unpaired) electrons. The van der Waals surface area contributed by atoms with Crippen molar-refractivity contribution in [3.05, 3.63) is 0 Å². The minimum Gasteiger partial charge on any atom is -0.378 e. The zero-order valence-corrected chi connectivity index (χ0v) is 12.0. The first-order valence-electron chi connectivity index (χ1n) is 7.53. The highest BCUT2D eigenvalue weighted by molar-refractivity contribution is 4.95. The maximum Gasteiger partial charge on any atom is 0.0977 e. The fraction of sp³-hybridized carbons (Fsp3) is 0.933. The molecule has 1 fully saturated rings. The van der Waals surface area contributed by atoms with Crippen LogP contribution in [0.2, 0.25) is 0 Å². The van der Waals surface area contributed by atoms with Gasteiger partial charge in [0.15, 0.2) is 0 Å². The molecular formula is C15H28N2O. The van der Waals surface area contributed by atoms with Crippen molar-refractivity contribution in [2.24, 2.45) is 0 Å². The summed E-state index contributed by atoms with van der Waals surface area (Å²) in [4.78, 5) is 0. The molecule has 1 N–H and O–H groups in total. The predicted molar refractivity (Wildman–Crippen MR) is 74.3 cm³/mol. The van der Waals surface area contributed by atoms with Gasteiger partial charge in [0.05, 0.1) is 18.2 Å². The monoisotopic (exact) mass is 252 g/mol. The van der Waals surface area contributed by atoms with Gasteiger partial charge in [-0.15, -0.1) is 0 Å². The van der Waals surface area contributed by atoms with E-state index in [1.165, 1.54) is 38.5 Å². The minimum absolute atomic E-state index is 0.0233. The van der Waals surface area contributed by atoms with Crippen molar-refractivity contribution in [2.75, 3.05) is 6.61 Å². The van der Waals surface area contributed by atoms with E-state index in [4.69, 9.17) is 10.00 Å². The molecule has 0 bridgehead atoms. The van der Waals surface area contributed by atoms with Crippen LogP contribution in [0.4, 0.5) is 0 Å². The quantitative estimate of drug-likeness (QED) is 0.573. The Kier molecular flexibility index (Phi) is 8.04. The molecule has 3 nitrogen and oxygen atoms in total. The van der Waals surface area contributed by atoms with Crippen molar-refractivity contribution >= 4 is 0 Å². The van der Waals surface area contributed by atoms with Crippen LogP contribution in [0.15, 0.2) is 0 Å². The Hall–Kier alpha value is -0.590. The fourth-order valence-corrected chi connectivity index (χ4v) is 2.05. The Morgan fingerprint density at radius 2 is 2.06 bits per heavy atom. The van der Waals surface area contributed by atoms with Gasteiger partial charge in [-0.2, -0.15) is 5.26 Å². The summed E-state index contributed by atoms with van der Waals surface area (Å²) in [6.07, 6.45) is 9.94. The molecule has 2 unspecified atom stereocenters. The zero-order valence-electron chi connectivity index (χ0n) is 12.0. The summed E-state index contributed by atoms with van der Waals surface area (Å²) in [6.45, 7) is 5.07. The van der Waals surface area contributed by atoms with Crippen LogP contribution < -0.4 is 5.32 Å². The van der Waals surface area contributed by atoms with Crippen LogP contribution in [0.25, 0.3) is 0 Å². The lowest BCUT2D eigenvalue weighted by Crippen LogP contribution is -2.31. The summed E-state index contributed by atoms with van der Waals surface area (Å²) in [5.41, 5.74) is 0. The summed E-state index contributed by atoms with van der Waals surface area (Å²) in [5, 5.41) is 12.3. The number of nitrogens with one attached hydrogen (secondary N) is 1. The number of ether oxygens (including phenoxy) is 1. The Labute approximate surface area is 112 Å². The summed E-state index contributed by atoms with van der Waals surface area (Å²) >= 11 is 0. The lowest BCUT2D eigenvalue weighted by molar-refractivity contribution is 0.0544. The first-order valence-corrected chi connectivity index (χ1v) is 7.53. The summed E-state index contributed by atoms with van der Waals surface area (Å²) in [6, 6.07) is 2.89. The van der Waals surface area contributed by atoms with Crippen LogP contribution in [-0.2, 0) is 4.74 Å². The molecule has 1 rings (SSSR count). The number of nitrogens with zero attached hydrogens (tertiary/aromatic N) is 1. The van der Waals surface area contributed by atoms with Crippen molar-refractivity contribution in [3.8, 4) is 6.07 Å². The lowest BCUT2D eigenvalue weighted by Gasteiger charge is -2.15. The van der Waals surface area contributed by atoms with Crippen LogP contribution in [0, 0.1) is 11.3 Å². The van der Waals surface area contributed by atoms with E-state index < -0.39 is 0 Å². The molecule has 0 aliphatic heterocycles. The smallest absolute Gasteiger partial charge is 0.0977 e. The molecule has 0 aromatic rings. The van der Waals surface area contributed by atoms with Crippen molar-refractivity contribution in [3.63, 3.8) is 0 Å². The van der Waals surface area contributed by atoms with E-state index in [2.05, 4.69) is 25.2 Å². The van der Waals surface area contributed by atoms with E-state index in [1.54, 1.807) is 0 Å². The summed E-state index contributed by atoms with van der Waals surface area (Å²) in [5.74, 6) is 0. The molecule has 0 amide bonds. The van der Waals surface area contributed by atoms with Crippen LogP contribution in [0.5, 0.6) is 0 Å². The Bertz CT molecular complexity index is 245. The normalized spacial score (nSPS) is 18.3. The molecule has 1 aliphatic rings. The topological polar surface area (TPSA) is 45.0 Å². The predicted octanol–water partition coefficient (Wildman–Crippen LogP) is 3.40. The lowest BCUT2D eigenvalue weighted by atomic mass is 10.1. The van der Waals surface area contributed by atoms with Crippen LogP contribution >= 0.6 is 0 Å². The SMILES string of the molecule is CCCCCCC(C)OCCC(C#N)NC1CC1. The fourth-order valence-electron chi connectivity index (χ4n) is 2.05. The van der Waals surface area contributed by atoms with E-state index in [0.717, 1.165) is 12.8 Å². The van der Waals surface area contributed by atoms with Crippen LogP contribution in [0.3, 0.4) is 0 Å². The second kappa shape index (κ2) is 9.35. The van der Waals surface area contributed by atoms with Gasteiger partial charge in [-0.1, -0.05) is 32.6 Å². The largest absolute Gasteiger partial charge is 0.378 e. The van der Waals surface area contributed by atoms with Gasteiger partial charge in [0.25, 0.3) is 0 Å². The number of hydrogen-bond donors (Lipinski definition) is 1. The third-order valence-corrected chi connectivity index (χ3v) is 3.44. The van der Waals surface area contributed by atoms with Gasteiger partial charge >= 0.3 is 0 Å². The molecule has 18 heavy (non-hydrogen) atoms. The molecule has 2 atom stereocenters. The van der Waals surface area contributed by atoms with Gasteiger partial charge in [0, 0.05) is 12.6 Å². The highest BCUT2D eigenvalue weighted by Gasteiger charge is 2.24. The Morgan fingerprint density at radius 3 is 2.67 bits per heavy atom. The molecule has 0 aromatic carbocycles. The Morgan fingerprint density at radius 1 is 1.28 bits per heavy atom. The minimum atomic E-state index is -0.0233. The van der Waals surface area contributed by atoms with Crippen LogP contribution in [-0.4, -0.2) is 24.8 Å². The van der Waals surface area contributed by atoms with Gasteiger partial charge in [-0.05, 0) is 32.6 Å². The van der Waals surface area contributed by atoms with E-state index in [9.17, 15) is 0 Å². The van der Waals surface area contributed by atoms with Gasteiger partial charge < -0.3 is 4.74 Å². The molecule has 0 saturated heterocycles. The average Bonchev–Trinajstić information content (AvgIpc) is 3.17. The number of hydrogen-bond acceptors (Lipinski definition) is 3. The van der Waals surface area contributed by atoms with Gasteiger partial charge in [-0.25, -0.2) is 0 Å². The molecule has 0 aromatic heterocycles. The first kappa shape index (κ1) is 15.5. The average molecular weight is 252 g/mol. The van der Waals surface area contributed by atoms with Crippen molar-refractivity contribution in [1.82, 2.24) is 5.32 Å². The number of unbranched alkanes of at least 4 members (excludes halogenated alkanes) is 3. The second-order valence-corrected chi connectivity index (χ2v) is 5.44. The van der Waals surface area contributed by atoms with E-state index in [1.807, 2.05) is 0 Å². The van der Waals surface area contributed by atoms with Gasteiger partial charge in [0.2, 0.25) is 0 Å². The van der Waals surface area contributed by atoms with E-state index in [0.29, 0.717) is 18.8 Å². The van der Waals surface area contributed by atoms with Crippen LogP contribution in [0.1, 0.15) is 65.2 Å². The first-order chi connectivity index (χ1) is 8.76. The van der Waals surface area contributed by atoms with Crippen molar-refractivity contribution in [1.29, 1.82) is 5.26 Å². The standard InChI is InChI=1S/C15H28N2O/c1-3-4-5-6-7-13(2)18-11-10-15(12-16)17-14-8-9-14/h13-15,17H,3-11H2,1-2H3. The zero-order chi connectivity index (χ0) is 13.2. The third kappa shape index (κ3) is 7.68. The van der Waals surface area contributed by atoms with Gasteiger partial charge in [0.1, 0.15) is 0 Å². The Balaban J connectivity index is 1.96. The highest BCUT2D eigenvalue weighted by atomic mass is 16.5. The summed E-state index contributed by atoms with van der Waals surface area (Å²) < 4.78 is 5.77. The molecule has 0 heterocycles. The molecule has 1 aliphatic carbocycles. The van der Waals surface area contributed by atoms with Crippen molar-refractivity contribution < 1.29 is 4.74 Å². The second-order valence-electron chi connectivity index (χ2n) is 5.44.